The molecule has 0 aliphatic rings. The Morgan fingerprint density at radius 2 is 1.37 bits per heavy atom. The first-order chi connectivity index (χ1) is 21.8. The summed E-state index contributed by atoms with van der Waals surface area (Å²) in [7, 11) is -4.17. The van der Waals surface area contributed by atoms with Crippen molar-refractivity contribution >= 4 is 50.7 Å². The standard InChI is InChI=1S/C36H39Cl2N3O4S/c1-5-26-16-19-29(20-17-26)41(46(44,45)30-14-10-7-11-15-30)25-34(42)40(24-28-18-21-31(37)32(38)22-28)33(35(43)39-36(2,3)4)23-27-12-8-6-9-13-27/h6-22,33H,5,23-25H2,1-4H3,(H,39,43)/t33-/m0/s1. The molecule has 4 aromatic carbocycles. The van der Waals surface area contributed by atoms with Gasteiger partial charge in [0.05, 0.1) is 20.6 Å². The van der Waals surface area contributed by atoms with Crippen molar-refractivity contribution in [2.75, 3.05) is 10.8 Å². The van der Waals surface area contributed by atoms with Gasteiger partial charge in [0.2, 0.25) is 11.8 Å². The van der Waals surface area contributed by atoms with Gasteiger partial charge < -0.3 is 10.2 Å². The number of hydrogen-bond acceptors (Lipinski definition) is 4. The Balaban J connectivity index is 1.83. The molecule has 0 unspecified atom stereocenters. The van der Waals surface area contributed by atoms with Crippen LogP contribution in [0, 0.1) is 0 Å². The fourth-order valence-electron chi connectivity index (χ4n) is 4.99. The highest BCUT2D eigenvalue weighted by molar-refractivity contribution is 7.92. The third kappa shape index (κ3) is 9.12. The molecule has 0 aliphatic heterocycles. The van der Waals surface area contributed by atoms with Crippen LogP contribution in [-0.4, -0.2) is 43.3 Å². The summed E-state index contributed by atoms with van der Waals surface area (Å²) < 4.78 is 29.3. The molecular formula is C36H39Cl2N3O4S. The summed E-state index contributed by atoms with van der Waals surface area (Å²) in [5.41, 5.74) is 2.24. The quantitative estimate of drug-likeness (QED) is 0.170. The van der Waals surface area contributed by atoms with Crippen LogP contribution in [0.1, 0.15) is 44.4 Å². The first-order valence-corrected chi connectivity index (χ1v) is 17.2. The smallest absolute Gasteiger partial charge is 0.264 e. The van der Waals surface area contributed by atoms with Crippen LogP contribution in [-0.2, 0) is 39.0 Å². The van der Waals surface area contributed by atoms with E-state index in [1.54, 1.807) is 48.5 Å². The molecule has 4 aromatic rings. The van der Waals surface area contributed by atoms with Gasteiger partial charge in [0.25, 0.3) is 10.0 Å². The summed E-state index contributed by atoms with van der Waals surface area (Å²) in [6.07, 6.45) is 0.971. The molecule has 0 radical (unpaired) electrons. The molecule has 242 valence electrons. The van der Waals surface area contributed by atoms with Crippen molar-refractivity contribution in [2.24, 2.45) is 0 Å². The van der Waals surface area contributed by atoms with E-state index in [9.17, 15) is 18.0 Å². The Kier molecular flexibility index (Phi) is 11.5. The number of nitrogens with one attached hydrogen (secondary N) is 1. The molecule has 4 rings (SSSR count). The van der Waals surface area contributed by atoms with Crippen molar-refractivity contribution in [3.63, 3.8) is 0 Å². The SMILES string of the molecule is CCc1ccc(N(CC(=O)N(Cc2ccc(Cl)c(Cl)c2)[C@@H](Cc2ccccc2)C(=O)NC(C)(C)C)S(=O)(=O)c2ccccc2)cc1. The Morgan fingerprint density at radius 1 is 0.783 bits per heavy atom. The van der Waals surface area contributed by atoms with Crippen molar-refractivity contribution in [3.05, 3.63) is 130 Å². The van der Waals surface area contributed by atoms with Gasteiger partial charge in [0.1, 0.15) is 12.6 Å². The van der Waals surface area contributed by atoms with Gasteiger partial charge in [0, 0.05) is 18.5 Å². The Hall–Kier alpha value is -3.85. The first kappa shape index (κ1) is 35.0. The van der Waals surface area contributed by atoms with Gasteiger partial charge in [-0.1, -0.05) is 96.9 Å². The lowest BCUT2D eigenvalue weighted by atomic mass is 10.0. The number of sulfonamides is 1. The maximum atomic E-state index is 14.6. The lowest BCUT2D eigenvalue weighted by molar-refractivity contribution is -0.140. The molecule has 0 fully saturated rings. The van der Waals surface area contributed by atoms with Gasteiger partial charge in [0.15, 0.2) is 0 Å². The average Bonchev–Trinajstić information content (AvgIpc) is 3.03. The van der Waals surface area contributed by atoms with Crippen LogP contribution in [0.2, 0.25) is 10.0 Å². The monoisotopic (exact) mass is 679 g/mol. The van der Waals surface area contributed by atoms with Gasteiger partial charge in [-0.3, -0.25) is 13.9 Å². The minimum absolute atomic E-state index is 0.0151. The lowest BCUT2D eigenvalue weighted by Gasteiger charge is -2.35. The summed E-state index contributed by atoms with van der Waals surface area (Å²) in [6.45, 7) is 7.04. The van der Waals surface area contributed by atoms with E-state index in [-0.39, 0.29) is 23.8 Å². The van der Waals surface area contributed by atoms with E-state index >= 15 is 0 Å². The number of aryl methyl sites for hydroxylation is 1. The number of hydrogen-bond donors (Lipinski definition) is 1. The molecule has 0 saturated heterocycles. The van der Waals surface area contributed by atoms with Gasteiger partial charge in [-0.2, -0.15) is 0 Å². The topological polar surface area (TPSA) is 86.8 Å². The first-order valence-electron chi connectivity index (χ1n) is 15.0. The van der Waals surface area contributed by atoms with Crippen molar-refractivity contribution in [1.82, 2.24) is 10.2 Å². The normalized spacial score (nSPS) is 12.3. The highest BCUT2D eigenvalue weighted by atomic mass is 35.5. The third-order valence-corrected chi connectivity index (χ3v) is 9.88. The van der Waals surface area contributed by atoms with Crippen molar-refractivity contribution in [2.45, 2.75) is 63.6 Å². The molecule has 0 saturated carbocycles. The second kappa shape index (κ2) is 15.2. The van der Waals surface area contributed by atoms with E-state index in [4.69, 9.17) is 23.2 Å². The fourth-order valence-corrected chi connectivity index (χ4v) is 6.74. The zero-order valence-electron chi connectivity index (χ0n) is 26.4. The van der Waals surface area contributed by atoms with Gasteiger partial charge >= 0.3 is 0 Å². The van der Waals surface area contributed by atoms with E-state index in [1.165, 1.54) is 17.0 Å². The largest absolute Gasteiger partial charge is 0.350 e. The Labute approximate surface area is 282 Å². The minimum Gasteiger partial charge on any atom is -0.350 e. The predicted molar refractivity (Wildman–Crippen MR) is 186 cm³/mol. The molecule has 0 aliphatic carbocycles. The minimum atomic E-state index is -4.17. The molecule has 46 heavy (non-hydrogen) atoms. The Bertz CT molecular complexity index is 1740. The molecule has 7 nitrogen and oxygen atoms in total. The molecule has 0 aromatic heterocycles. The average molecular weight is 681 g/mol. The number of amides is 2. The van der Waals surface area contributed by atoms with Crippen molar-refractivity contribution in [1.29, 1.82) is 0 Å². The van der Waals surface area contributed by atoms with Gasteiger partial charge in [-0.15, -0.1) is 0 Å². The number of nitrogens with zero attached hydrogens (tertiary/aromatic N) is 2. The Morgan fingerprint density at radius 3 is 1.93 bits per heavy atom. The maximum Gasteiger partial charge on any atom is 0.264 e. The molecule has 10 heteroatoms. The van der Waals surface area contributed by atoms with Crippen LogP contribution in [0.4, 0.5) is 5.69 Å². The number of benzene rings is 4. The van der Waals surface area contributed by atoms with Crippen LogP contribution in [0.5, 0.6) is 0 Å². The van der Waals surface area contributed by atoms with E-state index in [2.05, 4.69) is 5.32 Å². The summed E-state index contributed by atoms with van der Waals surface area (Å²) in [5.74, 6) is -0.926. The maximum absolute atomic E-state index is 14.6. The fraction of sp³-hybridized carbons (Fsp3) is 0.278. The van der Waals surface area contributed by atoms with E-state index < -0.39 is 34.1 Å². The number of rotatable bonds is 12. The summed E-state index contributed by atoms with van der Waals surface area (Å²) in [5, 5.41) is 3.68. The summed E-state index contributed by atoms with van der Waals surface area (Å²) >= 11 is 12.5. The number of anilines is 1. The van der Waals surface area contributed by atoms with Crippen molar-refractivity contribution in [3.8, 4) is 0 Å². The summed E-state index contributed by atoms with van der Waals surface area (Å²) in [6, 6.07) is 28.5. The van der Waals surface area contributed by atoms with Crippen LogP contribution < -0.4 is 9.62 Å². The zero-order chi connectivity index (χ0) is 33.5. The third-order valence-electron chi connectivity index (χ3n) is 7.35. The second-order valence-electron chi connectivity index (χ2n) is 12.1. The second-order valence-corrected chi connectivity index (χ2v) is 14.7. The number of carbonyl (C=O) groups is 2. The predicted octanol–water partition coefficient (Wildman–Crippen LogP) is 7.31. The molecule has 0 heterocycles. The summed E-state index contributed by atoms with van der Waals surface area (Å²) in [4.78, 5) is 30.0. The molecular weight excluding hydrogens is 641 g/mol. The van der Waals surface area contributed by atoms with Crippen LogP contribution >= 0.6 is 23.2 Å². The van der Waals surface area contributed by atoms with E-state index in [0.29, 0.717) is 21.3 Å². The number of carbonyl (C=O) groups excluding carboxylic acids is 2. The van der Waals surface area contributed by atoms with Crippen LogP contribution in [0.15, 0.2) is 108 Å². The molecule has 0 spiro atoms. The van der Waals surface area contributed by atoms with Crippen molar-refractivity contribution < 1.29 is 18.0 Å². The van der Waals surface area contributed by atoms with Crippen LogP contribution in [0.3, 0.4) is 0 Å². The molecule has 1 atom stereocenters. The zero-order valence-corrected chi connectivity index (χ0v) is 28.7. The van der Waals surface area contributed by atoms with Crippen LogP contribution in [0.25, 0.3) is 0 Å². The molecule has 1 N–H and O–H groups in total. The van der Waals surface area contributed by atoms with Gasteiger partial charge in [-0.05, 0) is 80.3 Å². The van der Waals surface area contributed by atoms with Gasteiger partial charge in [-0.25, -0.2) is 8.42 Å². The van der Waals surface area contributed by atoms with E-state index in [0.717, 1.165) is 21.9 Å². The highest BCUT2D eigenvalue weighted by Gasteiger charge is 2.35. The highest BCUT2D eigenvalue weighted by Crippen LogP contribution is 2.27. The lowest BCUT2D eigenvalue weighted by Crippen LogP contribution is -2.56. The van der Waals surface area contributed by atoms with E-state index in [1.807, 2.05) is 70.2 Å². The molecule has 0 bridgehead atoms. The number of halogens is 2. The molecule has 2 amide bonds.